The molecule has 3 heteroatoms. The number of hydrogen-bond donors (Lipinski definition) is 1. The van der Waals surface area contributed by atoms with Crippen molar-refractivity contribution < 1.29 is 4.79 Å². The number of nitrogens with zero attached hydrogens (tertiary/aromatic N) is 1. The van der Waals surface area contributed by atoms with Gasteiger partial charge in [-0.05, 0) is 6.42 Å². The maximum atomic E-state index is 10.3. The fourth-order valence-corrected chi connectivity index (χ4v) is 0.526. The molecule has 0 aliphatic rings. The molecule has 0 aliphatic heterocycles. The van der Waals surface area contributed by atoms with Crippen LogP contribution in [-0.4, -0.2) is 5.12 Å². The molecule has 0 aromatic rings. The molecular formula is C6H7NOS. The predicted molar refractivity (Wildman–Crippen MR) is 38.0 cm³/mol. The van der Waals surface area contributed by atoms with Crippen LogP contribution < -0.4 is 0 Å². The van der Waals surface area contributed by atoms with Gasteiger partial charge in [0.1, 0.15) is 11.6 Å². The Kier molecular flexibility index (Phi) is 3.81. The Morgan fingerprint density at radius 1 is 1.89 bits per heavy atom. The summed E-state index contributed by atoms with van der Waals surface area (Å²) in [5.74, 6) is 0. The Morgan fingerprint density at radius 3 is 2.56 bits per heavy atom. The predicted octanol–water partition coefficient (Wildman–Crippen LogP) is 1.30. The molecule has 0 atom stereocenters. The summed E-state index contributed by atoms with van der Waals surface area (Å²) in [7, 11) is 0. The highest BCUT2D eigenvalue weighted by atomic mass is 32.1. The van der Waals surface area contributed by atoms with E-state index in [2.05, 4.69) is 12.6 Å². The molecule has 0 aromatic heterocycles. The van der Waals surface area contributed by atoms with Crippen LogP contribution in [0.3, 0.4) is 0 Å². The van der Waals surface area contributed by atoms with Gasteiger partial charge < -0.3 is 0 Å². The van der Waals surface area contributed by atoms with Crippen LogP contribution in [0.15, 0.2) is 11.6 Å². The molecule has 0 saturated carbocycles. The van der Waals surface area contributed by atoms with Crippen molar-refractivity contribution in [2.75, 3.05) is 0 Å². The topological polar surface area (TPSA) is 40.9 Å². The third-order valence-electron chi connectivity index (χ3n) is 0.759. The maximum absolute atomic E-state index is 10.3. The lowest BCUT2D eigenvalue weighted by molar-refractivity contribution is -0.107. The van der Waals surface area contributed by atoms with Gasteiger partial charge in [-0.3, -0.25) is 4.79 Å². The first-order valence-corrected chi connectivity index (χ1v) is 3.00. The van der Waals surface area contributed by atoms with Crippen molar-refractivity contribution in [3.63, 3.8) is 0 Å². The molecule has 0 radical (unpaired) electrons. The van der Waals surface area contributed by atoms with Gasteiger partial charge in [-0.2, -0.15) is 5.26 Å². The van der Waals surface area contributed by atoms with Crippen molar-refractivity contribution in [1.82, 2.24) is 0 Å². The van der Waals surface area contributed by atoms with Crippen molar-refractivity contribution in [2.24, 2.45) is 0 Å². The average molecular weight is 141 g/mol. The van der Waals surface area contributed by atoms with Gasteiger partial charge in [0.05, 0.1) is 0 Å². The van der Waals surface area contributed by atoms with Gasteiger partial charge in [0.15, 0.2) is 0 Å². The molecule has 0 spiro atoms. The molecule has 0 bridgehead atoms. The van der Waals surface area contributed by atoms with Gasteiger partial charge in [0, 0.05) is 0 Å². The Balaban J connectivity index is 4.20. The zero-order valence-corrected chi connectivity index (χ0v) is 5.98. The summed E-state index contributed by atoms with van der Waals surface area (Å²) in [6.45, 7) is 1.86. The summed E-state index contributed by atoms with van der Waals surface area (Å²) >= 11 is 3.48. The number of allylic oxidation sites excluding steroid dienone is 1. The van der Waals surface area contributed by atoms with Crippen molar-refractivity contribution in [1.29, 1.82) is 5.26 Å². The van der Waals surface area contributed by atoms with Crippen LogP contribution in [0.1, 0.15) is 13.3 Å². The third-order valence-corrected chi connectivity index (χ3v) is 1.00. The van der Waals surface area contributed by atoms with E-state index in [1.165, 1.54) is 0 Å². The Labute approximate surface area is 59.6 Å². The molecule has 0 rings (SSSR count). The van der Waals surface area contributed by atoms with Gasteiger partial charge in [-0.15, -0.1) is 0 Å². The van der Waals surface area contributed by atoms with Crippen LogP contribution in [0.5, 0.6) is 0 Å². The largest absolute Gasteiger partial charge is 0.281 e. The minimum absolute atomic E-state index is 0.126. The van der Waals surface area contributed by atoms with Gasteiger partial charge in [-0.1, -0.05) is 25.6 Å². The zero-order valence-electron chi connectivity index (χ0n) is 5.09. The zero-order chi connectivity index (χ0) is 7.28. The molecule has 0 N–H and O–H groups in total. The number of hydrogen-bond acceptors (Lipinski definition) is 2. The maximum Gasteiger partial charge on any atom is 0.226 e. The highest BCUT2D eigenvalue weighted by molar-refractivity contribution is 7.97. The monoisotopic (exact) mass is 141 g/mol. The van der Waals surface area contributed by atoms with E-state index in [1.54, 1.807) is 12.1 Å². The van der Waals surface area contributed by atoms with E-state index in [0.29, 0.717) is 6.42 Å². The number of rotatable bonds is 2. The number of carbonyl (C=O) groups is 1. The summed E-state index contributed by atoms with van der Waals surface area (Å²) in [6, 6.07) is 1.74. The van der Waals surface area contributed by atoms with Crippen molar-refractivity contribution in [2.45, 2.75) is 13.3 Å². The SMILES string of the molecule is CCC=C(C#N)C(=O)S. The van der Waals surface area contributed by atoms with Crippen molar-refractivity contribution in [3.8, 4) is 6.07 Å². The summed E-state index contributed by atoms with van der Waals surface area (Å²) in [5.41, 5.74) is 0.126. The minimum Gasteiger partial charge on any atom is -0.281 e. The van der Waals surface area contributed by atoms with E-state index >= 15 is 0 Å². The lowest BCUT2D eigenvalue weighted by atomic mass is 10.3. The first kappa shape index (κ1) is 8.25. The normalized spacial score (nSPS) is 10.6. The highest BCUT2D eigenvalue weighted by Gasteiger charge is 1.99. The Bertz CT molecular complexity index is 178. The molecule has 0 unspecified atom stereocenters. The van der Waals surface area contributed by atoms with Crippen LogP contribution in [0.2, 0.25) is 0 Å². The number of carbonyl (C=O) groups excluding carboxylic acids is 1. The van der Waals surface area contributed by atoms with E-state index in [9.17, 15) is 4.79 Å². The first-order valence-electron chi connectivity index (χ1n) is 2.56. The fourth-order valence-electron chi connectivity index (χ4n) is 0.385. The molecule has 9 heavy (non-hydrogen) atoms. The average Bonchev–Trinajstić information content (AvgIpc) is 1.82. The first-order chi connectivity index (χ1) is 4.22. The molecule has 0 amide bonds. The second-order valence-corrected chi connectivity index (χ2v) is 1.85. The molecule has 0 aliphatic carbocycles. The molecule has 0 fully saturated rings. The molecule has 48 valence electrons. The van der Waals surface area contributed by atoms with Gasteiger partial charge in [0.25, 0.3) is 0 Å². The summed E-state index contributed by atoms with van der Waals surface area (Å²) in [4.78, 5) is 10.3. The standard InChI is InChI=1S/C6H7NOS/c1-2-3-5(4-7)6(8)9/h3H,2H2,1H3,(H,8,9). The molecule has 2 nitrogen and oxygen atoms in total. The summed E-state index contributed by atoms with van der Waals surface area (Å²) < 4.78 is 0. The number of nitriles is 1. The van der Waals surface area contributed by atoms with E-state index in [4.69, 9.17) is 5.26 Å². The summed E-state index contributed by atoms with van der Waals surface area (Å²) in [5, 5.41) is 7.78. The minimum atomic E-state index is -0.459. The van der Waals surface area contributed by atoms with Crippen LogP contribution in [-0.2, 0) is 4.79 Å². The summed E-state index contributed by atoms with van der Waals surface area (Å²) in [6.07, 6.45) is 2.24. The van der Waals surface area contributed by atoms with Crippen LogP contribution in [0.4, 0.5) is 0 Å². The van der Waals surface area contributed by atoms with E-state index in [1.807, 2.05) is 6.92 Å². The lowest BCUT2D eigenvalue weighted by Crippen LogP contribution is -1.88. The van der Waals surface area contributed by atoms with E-state index in [0.717, 1.165) is 0 Å². The third kappa shape index (κ3) is 2.94. The molecular weight excluding hydrogens is 134 g/mol. The Morgan fingerprint density at radius 2 is 2.44 bits per heavy atom. The van der Waals surface area contributed by atoms with E-state index < -0.39 is 5.12 Å². The van der Waals surface area contributed by atoms with Gasteiger partial charge >= 0.3 is 0 Å². The molecule has 0 heterocycles. The van der Waals surface area contributed by atoms with Crippen molar-refractivity contribution in [3.05, 3.63) is 11.6 Å². The molecule has 0 saturated heterocycles. The highest BCUT2D eigenvalue weighted by Crippen LogP contribution is 1.98. The lowest BCUT2D eigenvalue weighted by Gasteiger charge is -1.84. The second-order valence-electron chi connectivity index (χ2n) is 1.44. The van der Waals surface area contributed by atoms with Gasteiger partial charge in [-0.25, -0.2) is 0 Å². The fraction of sp³-hybridized carbons (Fsp3) is 0.333. The van der Waals surface area contributed by atoms with Crippen LogP contribution >= 0.6 is 12.6 Å². The smallest absolute Gasteiger partial charge is 0.226 e. The molecule has 0 aromatic carbocycles. The Hall–Kier alpha value is -0.750. The van der Waals surface area contributed by atoms with E-state index in [-0.39, 0.29) is 5.57 Å². The quantitative estimate of drug-likeness (QED) is 0.358. The van der Waals surface area contributed by atoms with Crippen LogP contribution in [0.25, 0.3) is 0 Å². The van der Waals surface area contributed by atoms with Crippen LogP contribution in [0, 0.1) is 11.3 Å². The number of thiol groups is 1. The van der Waals surface area contributed by atoms with Crippen molar-refractivity contribution >= 4 is 17.7 Å². The van der Waals surface area contributed by atoms with Gasteiger partial charge in [0.2, 0.25) is 5.12 Å². The second kappa shape index (κ2) is 4.16.